The van der Waals surface area contributed by atoms with Gasteiger partial charge in [0.2, 0.25) is 0 Å². The van der Waals surface area contributed by atoms with E-state index in [1.165, 1.54) is 44.5 Å². The molecule has 1 N–H and O–H groups in total. The topological polar surface area (TPSA) is 26.7 Å². The van der Waals surface area contributed by atoms with E-state index in [-0.39, 0.29) is 0 Å². The van der Waals surface area contributed by atoms with Gasteiger partial charge in [-0.3, -0.25) is 0 Å². The summed E-state index contributed by atoms with van der Waals surface area (Å²) in [6.07, 6.45) is 4.93. The van der Waals surface area contributed by atoms with Crippen LogP contribution in [0.1, 0.15) is 31.7 Å². The van der Waals surface area contributed by atoms with Crippen LogP contribution in [0.25, 0.3) is 0 Å². The molecule has 0 saturated carbocycles. The molecule has 118 valence electrons. The Morgan fingerprint density at radius 3 is 2.48 bits per heavy atom. The molecule has 1 aromatic carbocycles. The monoisotopic (exact) mass is 290 g/mol. The second-order valence-corrected chi connectivity index (χ2v) is 6.74. The maximum absolute atomic E-state index is 9.31. The lowest BCUT2D eigenvalue weighted by molar-refractivity contribution is 0.151. The number of benzene rings is 1. The number of aromatic hydroxyl groups is 1. The first kappa shape index (κ1) is 16.3. The standard InChI is InChI=1S/C18H30N2O/c1-15(4-5-16-6-8-18(21)9-7-16)20(3)14-17-10-12-19(2)13-11-17/h6-9,15,17,21H,4-5,10-14H2,1-3H3. The fraction of sp³-hybridized carbons (Fsp3) is 0.667. The third-order valence-corrected chi connectivity index (χ3v) is 4.92. The second-order valence-electron chi connectivity index (χ2n) is 6.74. The number of nitrogens with zero attached hydrogens (tertiary/aromatic N) is 2. The third kappa shape index (κ3) is 5.33. The second kappa shape index (κ2) is 7.81. The molecule has 1 atom stereocenters. The fourth-order valence-corrected chi connectivity index (χ4v) is 3.09. The summed E-state index contributed by atoms with van der Waals surface area (Å²) in [5, 5.41) is 9.31. The molecule has 1 saturated heterocycles. The van der Waals surface area contributed by atoms with Crippen LogP contribution in [0.4, 0.5) is 0 Å². The highest BCUT2D eigenvalue weighted by molar-refractivity contribution is 5.25. The first-order valence-electron chi connectivity index (χ1n) is 8.21. The Hall–Kier alpha value is -1.06. The lowest BCUT2D eigenvalue weighted by atomic mass is 9.95. The third-order valence-electron chi connectivity index (χ3n) is 4.92. The van der Waals surface area contributed by atoms with E-state index >= 15 is 0 Å². The number of aryl methyl sites for hydroxylation is 1. The van der Waals surface area contributed by atoms with E-state index in [4.69, 9.17) is 0 Å². The number of phenols is 1. The van der Waals surface area contributed by atoms with Crippen LogP contribution < -0.4 is 0 Å². The van der Waals surface area contributed by atoms with Gasteiger partial charge in [-0.25, -0.2) is 0 Å². The van der Waals surface area contributed by atoms with E-state index < -0.39 is 0 Å². The van der Waals surface area contributed by atoms with Gasteiger partial charge in [0.1, 0.15) is 5.75 Å². The predicted octanol–water partition coefficient (Wildman–Crippen LogP) is 2.99. The maximum atomic E-state index is 9.31. The van der Waals surface area contributed by atoms with Crippen molar-refractivity contribution < 1.29 is 5.11 Å². The van der Waals surface area contributed by atoms with E-state index in [1.54, 1.807) is 12.1 Å². The van der Waals surface area contributed by atoms with Gasteiger partial charge in [-0.1, -0.05) is 12.1 Å². The van der Waals surface area contributed by atoms with Crippen molar-refractivity contribution in [3.8, 4) is 5.75 Å². The van der Waals surface area contributed by atoms with Crippen molar-refractivity contribution in [2.75, 3.05) is 33.7 Å². The lowest BCUT2D eigenvalue weighted by Gasteiger charge is -2.34. The van der Waals surface area contributed by atoms with Gasteiger partial charge in [-0.2, -0.15) is 0 Å². The number of likely N-dealkylation sites (tertiary alicyclic amines) is 1. The Kier molecular flexibility index (Phi) is 6.07. The molecule has 1 heterocycles. The predicted molar refractivity (Wildman–Crippen MR) is 88.7 cm³/mol. The fourth-order valence-electron chi connectivity index (χ4n) is 3.09. The molecule has 3 heteroatoms. The molecule has 1 fully saturated rings. The van der Waals surface area contributed by atoms with Crippen LogP contribution in [0.5, 0.6) is 5.75 Å². The minimum atomic E-state index is 0.353. The molecule has 3 nitrogen and oxygen atoms in total. The summed E-state index contributed by atoms with van der Waals surface area (Å²) in [6, 6.07) is 8.22. The summed E-state index contributed by atoms with van der Waals surface area (Å²) in [4.78, 5) is 4.96. The largest absolute Gasteiger partial charge is 0.508 e. The zero-order valence-electron chi connectivity index (χ0n) is 13.8. The smallest absolute Gasteiger partial charge is 0.115 e. The van der Waals surface area contributed by atoms with Crippen molar-refractivity contribution in [3.05, 3.63) is 29.8 Å². The van der Waals surface area contributed by atoms with Crippen molar-refractivity contribution in [2.45, 2.75) is 38.6 Å². The summed E-state index contributed by atoms with van der Waals surface area (Å²) >= 11 is 0. The number of phenolic OH excluding ortho intramolecular Hbond substituents is 1. The number of hydrogen-bond donors (Lipinski definition) is 1. The number of piperidine rings is 1. The van der Waals surface area contributed by atoms with Crippen LogP contribution in [0.15, 0.2) is 24.3 Å². The molecular weight excluding hydrogens is 260 g/mol. The Labute approximate surface area is 129 Å². The van der Waals surface area contributed by atoms with Gasteiger partial charge in [-0.15, -0.1) is 0 Å². The van der Waals surface area contributed by atoms with E-state index in [0.717, 1.165) is 12.3 Å². The van der Waals surface area contributed by atoms with Crippen LogP contribution in [-0.4, -0.2) is 54.7 Å². The van der Waals surface area contributed by atoms with Crippen molar-refractivity contribution in [2.24, 2.45) is 5.92 Å². The molecule has 0 bridgehead atoms. The van der Waals surface area contributed by atoms with Crippen LogP contribution in [0, 0.1) is 5.92 Å². The Morgan fingerprint density at radius 2 is 1.86 bits per heavy atom. The van der Waals surface area contributed by atoms with Gasteiger partial charge < -0.3 is 14.9 Å². The summed E-state index contributed by atoms with van der Waals surface area (Å²) in [7, 11) is 4.49. The molecule has 0 aliphatic carbocycles. The molecule has 0 aromatic heterocycles. The number of hydrogen-bond acceptors (Lipinski definition) is 3. The van der Waals surface area contributed by atoms with Crippen LogP contribution >= 0.6 is 0 Å². The normalized spacial score (nSPS) is 19.0. The summed E-state index contributed by atoms with van der Waals surface area (Å²) in [5.74, 6) is 1.22. The summed E-state index contributed by atoms with van der Waals surface area (Å²) < 4.78 is 0. The highest BCUT2D eigenvalue weighted by Gasteiger charge is 2.20. The van der Waals surface area contributed by atoms with Gasteiger partial charge >= 0.3 is 0 Å². The molecule has 1 aromatic rings. The highest BCUT2D eigenvalue weighted by atomic mass is 16.3. The van der Waals surface area contributed by atoms with Crippen molar-refractivity contribution in [1.29, 1.82) is 0 Å². The van der Waals surface area contributed by atoms with Crippen molar-refractivity contribution >= 4 is 0 Å². The SMILES string of the molecule is CC(CCc1ccc(O)cc1)N(C)CC1CCN(C)CC1. The molecular formula is C18H30N2O. The van der Waals surface area contributed by atoms with Crippen LogP contribution in [-0.2, 0) is 6.42 Å². The van der Waals surface area contributed by atoms with Gasteiger partial charge in [0.25, 0.3) is 0 Å². The molecule has 1 aliphatic heterocycles. The molecule has 1 unspecified atom stereocenters. The van der Waals surface area contributed by atoms with E-state index in [9.17, 15) is 5.11 Å². The highest BCUT2D eigenvalue weighted by Crippen LogP contribution is 2.19. The van der Waals surface area contributed by atoms with Gasteiger partial charge in [0.15, 0.2) is 0 Å². The Bertz CT molecular complexity index is 410. The average molecular weight is 290 g/mol. The van der Waals surface area contributed by atoms with Gasteiger partial charge in [0.05, 0.1) is 0 Å². The van der Waals surface area contributed by atoms with E-state index in [2.05, 4.69) is 30.8 Å². The first-order chi connectivity index (χ1) is 10.0. The minimum absolute atomic E-state index is 0.353. The summed E-state index contributed by atoms with van der Waals surface area (Å²) in [5.41, 5.74) is 1.31. The maximum Gasteiger partial charge on any atom is 0.115 e. The zero-order valence-corrected chi connectivity index (χ0v) is 13.8. The van der Waals surface area contributed by atoms with E-state index in [0.29, 0.717) is 11.8 Å². The van der Waals surface area contributed by atoms with Crippen molar-refractivity contribution in [3.63, 3.8) is 0 Å². The molecule has 0 amide bonds. The zero-order chi connectivity index (χ0) is 15.2. The summed E-state index contributed by atoms with van der Waals surface area (Å²) in [6.45, 7) is 6.06. The van der Waals surface area contributed by atoms with Gasteiger partial charge in [-0.05, 0) is 83.4 Å². The van der Waals surface area contributed by atoms with E-state index in [1.807, 2.05) is 12.1 Å². The molecule has 0 spiro atoms. The molecule has 2 rings (SSSR count). The molecule has 21 heavy (non-hydrogen) atoms. The lowest BCUT2D eigenvalue weighted by Crippen LogP contribution is -2.39. The van der Waals surface area contributed by atoms with Crippen molar-refractivity contribution in [1.82, 2.24) is 9.80 Å². The quantitative estimate of drug-likeness (QED) is 0.872. The van der Waals surface area contributed by atoms with Gasteiger partial charge in [0, 0.05) is 12.6 Å². The van der Waals surface area contributed by atoms with Crippen LogP contribution in [0.3, 0.4) is 0 Å². The Balaban J connectivity index is 1.72. The Morgan fingerprint density at radius 1 is 1.24 bits per heavy atom. The number of rotatable bonds is 6. The minimum Gasteiger partial charge on any atom is -0.508 e. The average Bonchev–Trinajstić information content (AvgIpc) is 2.48. The van der Waals surface area contributed by atoms with Crippen LogP contribution in [0.2, 0.25) is 0 Å². The molecule has 1 aliphatic rings. The first-order valence-corrected chi connectivity index (χ1v) is 8.21. The molecule has 0 radical (unpaired) electrons.